The van der Waals surface area contributed by atoms with Gasteiger partial charge >= 0.3 is 0 Å². The summed E-state index contributed by atoms with van der Waals surface area (Å²) < 4.78 is 7.78. The molecule has 10 nitrogen and oxygen atoms in total. The number of nitrogen functional groups attached to an aromatic ring is 1. The first-order valence-corrected chi connectivity index (χ1v) is 12.4. The summed E-state index contributed by atoms with van der Waals surface area (Å²) in [6, 6.07) is 0. The van der Waals surface area contributed by atoms with Crippen LogP contribution in [-0.2, 0) is 5.54 Å². The second kappa shape index (κ2) is 7.07. The van der Waals surface area contributed by atoms with Crippen molar-refractivity contribution in [1.29, 1.82) is 0 Å². The Bertz CT molecular complexity index is 1430. The van der Waals surface area contributed by atoms with Gasteiger partial charge in [-0.05, 0) is 63.4 Å². The van der Waals surface area contributed by atoms with Crippen LogP contribution in [0, 0.1) is 5.41 Å². The number of nitrogens with one attached hydrogen (secondary N) is 1. The molecular weight excluding hydrogens is 442 g/mol. The van der Waals surface area contributed by atoms with Crippen molar-refractivity contribution in [2.75, 3.05) is 18.8 Å². The van der Waals surface area contributed by atoms with Crippen molar-refractivity contribution in [2.24, 2.45) is 5.41 Å². The molecule has 0 atom stereocenters. The lowest BCUT2D eigenvalue weighted by Gasteiger charge is -2.54. The fourth-order valence-electron chi connectivity index (χ4n) is 5.58. The summed E-state index contributed by atoms with van der Waals surface area (Å²) in [5, 5.41) is 13.5. The van der Waals surface area contributed by atoms with Gasteiger partial charge in [0.25, 0.3) is 0 Å². The van der Waals surface area contributed by atoms with Crippen molar-refractivity contribution in [3.05, 3.63) is 30.0 Å². The number of hydrogen-bond donors (Lipinski definition) is 2. The summed E-state index contributed by atoms with van der Waals surface area (Å²) >= 11 is 0. The fourth-order valence-corrected chi connectivity index (χ4v) is 5.58. The molecule has 2 aliphatic carbocycles. The van der Waals surface area contributed by atoms with Crippen LogP contribution in [0.1, 0.15) is 69.6 Å². The molecule has 0 amide bonds. The number of rotatable bonds is 4. The van der Waals surface area contributed by atoms with Crippen molar-refractivity contribution in [2.45, 2.75) is 63.8 Å². The third kappa shape index (κ3) is 3.19. The molecule has 4 aromatic heterocycles. The Labute approximate surface area is 202 Å². The van der Waals surface area contributed by atoms with E-state index < -0.39 is 0 Å². The lowest BCUT2D eigenvalue weighted by atomic mass is 9.57. The van der Waals surface area contributed by atoms with Crippen molar-refractivity contribution in [1.82, 2.24) is 40.2 Å². The van der Waals surface area contributed by atoms with E-state index in [-0.39, 0.29) is 5.54 Å². The SMILES string of the molecule is CC(C)(C)n1nc(-c2noc(C3CC3)c2-c2ncc(C3CC4(CNC4)C3)cn2)c2c(N)ncnc21. The van der Waals surface area contributed by atoms with Crippen molar-refractivity contribution >= 4 is 16.9 Å². The third-order valence-electron chi connectivity index (χ3n) is 7.75. The molecule has 7 rings (SSSR count). The predicted octanol–water partition coefficient (Wildman–Crippen LogP) is 3.62. The first-order chi connectivity index (χ1) is 16.8. The summed E-state index contributed by atoms with van der Waals surface area (Å²) in [7, 11) is 0. The molecule has 180 valence electrons. The lowest BCUT2D eigenvalue weighted by Crippen LogP contribution is -2.59. The van der Waals surface area contributed by atoms with Crippen LogP contribution in [0.15, 0.2) is 23.2 Å². The molecule has 1 saturated heterocycles. The molecule has 0 unspecified atom stereocenters. The normalized spacial score (nSPS) is 19.7. The number of fused-ring (bicyclic) bond motifs is 1. The van der Waals surface area contributed by atoms with Crippen molar-refractivity contribution < 1.29 is 4.52 Å². The van der Waals surface area contributed by atoms with Gasteiger partial charge in [0, 0.05) is 31.4 Å². The molecule has 35 heavy (non-hydrogen) atoms. The van der Waals surface area contributed by atoms with Gasteiger partial charge in [0.05, 0.1) is 16.5 Å². The van der Waals surface area contributed by atoms with Gasteiger partial charge in [-0.25, -0.2) is 24.6 Å². The largest absolute Gasteiger partial charge is 0.383 e. The van der Waals surface area contributed by atoms with Gasteiger partial charge in [-0.3, -0.25) is 0 Å². The van der Waals surface area contributed by atoms with Crippen LogP contribution in [0.3, 0.4) is 0 Å². The minimum Gasteiger partial charge on any atom is -0.383 e. The van der Waals surface area contributed by atoms with E-state index in [1.54, 1.807) is 0 Å². The van der Waals surface area contributed by atoms with Crippen LogP contribution in [0.5, 0.6) is 0 Å². The van der Waals surface area contributed by atoms with E-state index in [9.17, 15) is 0 Å². The highest BCUT2D eigenvalue weighted by Crippen LogP contribution is 2.53. The van der Waals surface area contributed by atoms with Crippen LogP contribution in [0.4, 0.5) is 5.82 Å². The van der Waals surface area contributed by atoms with Crippen LogP contribution < -0.4 is 11.1 Å². The lowest BCUT2D eigenvalue weighted by molar-refractivity contribution is 0.0360. The van der Waals surface area contributed by atoms with Gasteiger partial charge in [0.15, 0.2) is 17.2 Å². The maximum atomic E-state index is 6.33. The smallest absolute Gasteiger partial charge is 0.165 e. The number of nitrogens with two attached hydrogens (primary N) is 1. The third-order valence-corrected chi connectivity index (χ3v) is 7.75. The zero-order valence-corrected chi connectivity index (χ0v) is 20.2. The van der Waals surface area contributed by atoms with Crippen LogP contribution in [0.25, 0.3) is 33.8 Å². The monoisotopic (exact) mass is 471 g/mol. The Balaban J connectivity index is 1.34. The minimum absolute atomic E-state index is 0.311. The van der Waals surface area contributed by atoms with Crippen molar-refractivity contribution in [3.63, 3.8) is 0 Å². The van der Waals surface area contributed by atoms with Gasteiger partial charge < -0.3 is 15.6 Å². The zero-order chi connectivity index (χ0) is 23.9. The van der Waals surface area contributed by atoms with E-state index in [1.807, 2.05) is 17.1 Å². The first kappa shape index (κ1) is 20.9. The average molecular weight is 472 g/mol. The first-order valence-electron chi connectivity index (χ1n) is 12.4. The molecule has 0 bridgehead atoms. The molecular formula is C25H29N9O. The van der Waals surface area contributed by atoms with Crippen molar-refractivity contribution in [3.8, 4) is 22.8 Å². The molecule has 2 saturated carbocycles. The summed E-state index contributed by atoms with van der Waals surface area (Å²) in [5.74, 6) is 2.67. The van der Waals surface area contributed by atoms with E-state index in [1.165, 1.54) is 24.7 Å². The summed E-state index contributed by atoms with van der Waals surface area (Å²) in [4.78, 5) is 18.3. The fraction of sp³-hybridized carbons (Fsp3) is 0.520. The molecule has 0 aromatic carbocycles. The highest BCUT2D eigenvalue weighted by atomic mass is 16.5. The summed E-state index contributed by atoms with van der Waals surface area (Å²) in [6.45, 7) is 8.51. The molecule has 10 heteroatoms. The van der Waals surface area contributed by atoms with Gasteiger partial charge in [0.2, 0.25) is 0 Å². The van der Waals surface area contributed by atoms with E-state index in [0.717, 1.165) is 37.3 Å². The topological polar surface area (TPSA) is 133 Å². The van der Waals surface area contributed by atoms with E-state index >= 15 is 0 Å². The van der Waals surface area contributed by atoms with E-state index in [4.69, 9.17) is 25.3 Å². The van der Waals surface area contributed by atoms with Crippen LogP contribution >= 0.6 is 0 Å². The van der Waals surface area contributed by atoms with Gasteiger partial charge in [-0.2, -0.15) is 5.10 Å². The summed E-state index contributed by atoms with van der Waals surface area (Å²) in [6.07, 6.45) is 9.98. The molecule has 3 aliphatic rings. The standard InChI is InChI=1S/C25H29N9O/c1-24(2,3)34-23-17(21(26)30-12-31-23)18(32-34)19-16(20(35-33-19)13-4-5-13)22-28-8-15(9-29-22)14-6-25(7-14)10-27-11-25/h8-9,12-14,27H,4-7,10-11H2,1-3H3,(H2,26,30,31). The molecule has 1 spiro atoms. The Morgan fingerprint density at radius 1 is 1.03 bits per heavy atom. The number of hydrogen-bond acceptors (Lipinski definition) is 9. The molecule has 0 radical (unpaired) electrons. The molecule has 5 heterocycles. The number of aromatic nitrogens is 7. The van der Waals surface area contributed by atoms with Crippen LogP contribution in [-0.4, -0.2) is 48.0 Å². The minimum atomic E-state index is -0.311. The van der Waals surface area contributed by atoms with E-state index in [2.05, 4.69) is 41.2 Å². The molecule has 1 aliphatic heterocycles. The average Bonchev–Trinajstić information content (AvgIpc) is 3.38. The highest BCUT2D eigenvalue weighted by molar-refractivity contribution is 6.00. The number of anilines is 1. The number of nitrogens with zero attached hydrogens (tertiary/aromatic N) is 7. The second-order valence-corrected chi connectivity index (χ2v) is 11.5. The van der Waals surface area contributed by atoms with Crippen LogP contribution in [0.2, 0.25) is 0 Å². The Morgan fingerprint density at radius 2 is 1.77 bits per heavy atom. The maximum absolute atomic E-state index is 6.33. The Morgan fingerprint density at radius 3 is 2.40 bits per heavy atom. The summed E-state index contributed by atoms with van der Waals surface area (Å²) in [5.41, 5.74) is 10.4. The highest BCUT2D eigenvalue weighted by Gasteiger charge is 2.48. The maximum Gasteiger partial charge on any atom is 0.165 e. The van der Waals surface area contributed by atoms with E-state index in [0.29, 0.717) is 51.3 Å². The Hall–Kier alpha value is -3.40. The van der Waals surface area contributed by atoms with Gasteiger partial charge in [-0.1, -0.05) is 5.16 Å². The molecule has 3 N–H and O–H groups in total. The molecule has 3 fully saturated rings. The quantitative estimate of drug-likeness (QED) is 0.458. The predicted molar refractivity (Wildman–Crippen MR) is 131 cm³/mol. The van der Waals surface area contributed by atoms with Gasteiger partial charge in [0.1, 0.15) is 23.5 Å². The van der Waals surface area contributed by atoms with Gasteiger partial charge in [-0.15, -0.1) is 0 Å². The molecule has 4 aromatic rings. The second-order valence-electron chi connectivity index (χ2n) is 11.5. The zero-order valence-electron chi connectivity index (χ0n) is 20.2. The Kier molecular flexibility index (Phi) is 4.23.